The molecule has 102 valence electrons. The topological polar surface area (TPSA) is 38.8 Å². The van der Waals surface area contributed by atoms with Gasteiger partial charge in [0.25, 0.3) is 5.91 Å². The van der Waals surface area contributed by atoms with Crippen molar-refractivity contribution < 1.29 is 14.3 Å². The smallest absolute Gasteiger partial charge is 0.267 e. The number of ether oxygens (including phenoxy) is 2. The van der Waals surface area contributed by atoms with E-state index in [-0.39, 0.29) is 5.91 Å². The van der Waals surface area contributed by atoms with Gasteiger partial charge in [-0.3, -0.25) is 4.79 Å². The molecule has 0 bridgehead atoms. The van der Waals surface area contributed by atoms with Crippen LogP contribution in [0.1, 0.15) is 12.8 Å². The van der Waals surface area contributed by atoms with Crippen LogP contribution in [-0.4, -0.2) is 41.4 Å². The van der Waals surface area contributed by atoms with Crippen LogP contribution in [0.4, 0.5) is 0 Å². The number of hydrogen-bond donors (Lipinski definition) is 0. The average molecular weight is 326 g/mol. The fourth-order valence-corrected chi connectivity index (χ4v) is 3.14. The summed E-state index contributed by atoms with van der Waals surface area (Å²) < 4.78 is 11.3. The van der Waals surface area contributed by atoms with Crippen molar-refractivity contribution in [1.82, 2.24) is 4.90 Å². The van der Waals surface area contributed by atoms with Crippen molar-refractivity contribution in [1.29, 1.82) is 0 Å². The number of piperidine rings is 1. The van der Waals surface area contributed by atoms with E-state index in [0.717, 1.165) is 25.9 Å². The molecule has 1 aromatic carbocycles. The van der Waals surface area contributed by atoms with E-state index in [0.29, 0.717) is 22.9 Å². The lowest BCUT2D eigenvalue weighted by Crippen LogP contribution is -2.50. The van der Waals surface area contributed by atoms with Gasteiger partial charge in [0, 0.05) is 17.9 Å². The number of carbonyl (C=O) groups excluding carboxylic acids is 1. The van der Waals surface area contributed by atoms with Crippen molar-refractivity contribution in [2.24, 2.45) is 0 Å². The number of carbonyl (C=O) groups is 1. The molecule has 0 N–H and O–H groups in total. The van der Waals surface area contributed by atoms with Gasteiger partial charge in [-0.25, -0.2) is 0 Å². The molecule has 1 aromatic rings. The van der Waals surface area contributed by atoms with Crippen LogP contribution in [0.25, 0.3) is 0 Å². The highest BCUT2D eigenvalue weighted by molar-refractivity contribution is 9.09. The van der Waals surface area contributed by atoms with Crippen molar-refractivity contribution in [2.45, 2.75) is 23.8 Å². The fourth-order valence-electron chi connectivity index (χ4n) is 2.47. The molecule has 2 atom stereocenters. The Kier molecular flexibility index (Phi) is 3.64. The number of hydrogen-bond acceptors (Lipinski definition) is 3. The van der Waals surface area contributed by atoms with Gasteiger partial charge >= 0.3 is 0 Å². The lowest BCUT2D eigenvalue weighted by atomic mass is 10.1. The number of alkyl halides is 1. The Labute approximate surface area is 120 Å². The Balaban J connectivity index is 1.69. The molecule has 1 amide bonds. The predicted molar refractivity (Wildman–Crippen MR) is 74.9 cm³/mol. The molecule has 0 aliphatic carbocycles. The Hall–Kier alpha value is -1.23. The van der Waals surface area contributed by atoms with Gasteiger partial charge in [0.05, 0.1) is 0 Å². The Bertz CT molecular complexity index is 480. The summed E-state index contributed by atoms with van der Waals surface area (Å²) in [4.78, 5) is 14.7. The maximum atomic E-state index is 12.4. The van der Waals surface area contributed by atoms with Crippen LogP contribution in [0.5, 0.6) is 11.5 Å². The average Bonchev–Trinajstić information content (AvgIpc) is 2.46. The molecule has 19 heavy (non-hydrogen) atoms. The Morgan fingerprint density at radius 2 is 2.11 bits per heavy atom. The number of nitrogens with zero attached hydrogens (tertiary/aromatic N) is 1. The third-order valence-corrected chi connectivity index (χ3v) is 4.21. The summed E-state index contributed by atoms with van der Waals surface area (Å²) in [6.45, 7) is 1.85. The molecule has 2 aliphatic heterocycles. The van der Waals surface area contributed by atoms with Crippen molar-refractivity contribution in [2.75, 3.05) is 19.7 Å². The van der Waals surface area contributed by atoms with E-state index >= 15 is 0 Å². The minimum atomic E-state index is -0.521. The van der Waals surface area contributed by atoms with E-state index in [4.69, 9.17) is 9.47 Å². The van der Waals surface area contributed by atoms with Crippen LogP contribution in [0.2, 0.25) is 0 Å². The summed E-state index contributed by atoms with van der Waals surface area (Å²) in [5, 5.41) is 0. The van der Waals surface area contributed by atoms with Crippen LogP contribution in [-0.2, 0) is 4.79 Å². The number of amides is 1. The number of para-hydroxylation sites is 2. The molecule has 2 unspecified atom stereocenters. The first-order valence-electron chi connectivity index (χ1n) is 6.55. The predicted octanol–water partition coefficient (Wildman–Crippen LogP) is 2.21. The first kappa shape index (κ1) is 12.8. The van der Waals surface area contributed by atoms with Crippen LogP contribution in [0.15, 0.2) is 24.3 Å². The zero-order valence-corrected chi connectivity index (χ0v) is 12.1. The minimum absolute atomic E-state index is 0.0265. The van der Waals surface area contributed by atoms with Gasteiger partial charge < -0.3 is 14.4 Å². The van der Waals surface area contributed by atoms with E-state index in [2.05, 4.69) is 15.9 Å². The number of halogens is 1. The van der Waals surface area contributed by atoms with Gasteiger partial charge in [0.2, 0.25) is 6.10 Å². The molecule has 0 radical (unpaired) electrons. The van der Waals surface area contributed by atoms with Crippen LogP contribution in [0.3, 0.4) is 0 Å². The molecule has 5 heteroatoms. The summed E-state index contributed by atoms with van der Waals surface area (Å²) in [6, 6.07) is 7.46. The van der Waals surface area contributed by atoms with Crippen molar-refractivity contribution in [3.63, 3.8) is 0 Å². The van der Waals surface area contributed by atoms with Gasteiger partial charge in [-0.05, 0) is 25.0 Å². The number of rotatable bonds is 1. The minimum Gasteiger partial charge on any atom is -0.485 e. The summed E-state index contributed by atoms with van der Waals surface area (Å²) in [5.74, 6) is 1.39. The molecule has 0 spiro atoms. The highest BCUT2D eigenvalue weighted by Crippen LogP contribution is 2.31. The first-order chi connectivity index (χ1) is 9.24. The molecule has 1 saturated heterocycles. The number of fused-ring (bicyclic) bond motifs is 1. The van der Waals surface area contributed by atoms with Gasteiger partial charge in [0.1, 0.15) is 6.61 Å². The third-order valence-electron chi connectivity index (χ3n) is 3.46. The maximum absolute atomic E-state index is 12.4. The molecule has 3 rings (SSSR count). The summed E-state index contributed by atoms with van der Waals surface area (Å²) in [5.41, 5.74) is 0. The molecular formula is C14H16BrNO3. The summed E-state index contributed by atoms with van der Waals surface area (Å²) >= 11 is 3.58. The highest BCUT2D eigenvalue weighted by atomic mass is 79.9. The molecule has 4 nitrogen and oxygen atoms in total. The van der Waals surface area contributed by atoms with Crippen LogP contribution >= 0.6 is 15.9 Å². The molecule has 1 fully saturated rings. The van der Waals surface area contributed by atoms with Crippen molar-refractivity contribution in [3.8, 4) is 11.5 Å². The normalized spacial score (nSPS) is 26.1. The van der Waals surface area contributed by atoms with E-state index in [1.807, 2.05) is 29.2 Å². The summed E-state index contributed by atoms with van der Waals surface area (Å²) in [6.07, 6.45) is 1.63. The van der Waals surface area contributed by atoms with E-state index < -0.39 is 6.10 Å². The van der Waals surface area contributed by atoms with Crippen LogP contribution in [0, 0.1) is 0 Å². The van der Waals surface area contributed by atoms with Crippen LogP contribution < -0.4 is 9.47 Å². The van der Waals surface area contributed by atoms with Crippen molar-refractivity contribution in [3.05, 3.63) is 24.3 Å². The molecule has 0 aromatic heterocycles. The molecular weight excluding hydrogens is 310 g/mol. The van der Waals surface area contributed by atoms with E-state index in [1.54, 1.807) is 0 Å². The zero-order chi connectivity index (χ0) is 13.2. The lowest BCUT2D eigenvalue weighted by Gasteiger charge is -2.34. The standard InChI is InChI=1S/C14H16BrNO3/c15-10-4-3-7-16(8-10)14(17)13-9-18-11-5-1-2-6-12(11)19-13/h1-2,5-6,10,13H,3-4,7-9H2. The van der Waals surface area contributed by atoms with Gasteiger partial charge in [-0.2, -0.15) is 0 Å². The van der Waals surface area contributed by atoms with Gasteiger partial charge in [-0.1, -0.05) is 28.1 Å². The third kappa shape index (κ3) is 2.71. The second kappa shape index (κ2) is 5.41. The molecule has 0 saturated carbocycles. The monoisotopic (exact) mass is 325 g/mol. The lowest BCUT2D eigenvalue weighted by molar-refractivity contribution is -0.141. The second-order valence-corrected chi connectivity index (χ2v) is 6.18. The van der Waals surface area contributed by atoms with Gasteiger partial charge in [-0.15, -0.1) is 0 Å². The fraction of sp³-hybridized carbons (Fsp3) is 0.500. The zero-order valence-electron chi connectivity index (χ0n) is 10.5. The molecule has 2 heterocycles. The molecule has 2 aliphatic rings. The van der Waals surface area contributed by atoms with Crippen molar-refractivity contribution >= 4 is 21.8 Å². The largest absolute Gasteiger partial charge is 0.485 e. The summed E-state index contributed by atoms with van der Waals surface area (Å²) in [7, 11) is 0. The van der Waals surface area contributed by atoms with Gasteiger partial charge in [0.15, 0.2) is 11.5 Å². The highest BCUT2D eigenvalue weighted by Gasteiger charge is 2.32. The number of likely N-dealkylation sites (tertiary alicyclic amines) is 1. The first-order valence-corrected chi connectivity index (χ1v) is 7.47. The van der Waals surface area contributed by atoms with E-state index in [1.165, 1.54) is 0 Å². The quantitative estimate of drug-likeness (QED) is 0.743. The second-order valence-electron chi connectivity index (χ2n) is 4.89. The van der Waals surface area contributed by atoms with E-state index in [9.17, 15) is 4.79 Å². The SMILES string of the molecule is O=C(C1COc2ccccc2O1)N1CCCC(Br)C1. The number of benzene rings is 1. The Morgan fingerprint density at radius 1 is 1.32 bits per heavy atom. The maximum Gasteiger partial charge on any atom is 0.267 e. The Morgan fingerprint density at radius 3 is 2.89 bits per heavy atom.